The fraction of sp³-hybridized carbons (Fsp3) is 0.312. The average Bonchev–Trinajstić information content (AvgIpc) is 3.30. The van der Waals surface area contributed by atoms with Crippen molar-refractivity contribution in [3.05, 3.63) is 110 Å². The topological polar surface area (TPSA) is 65.8 Å². The molecule has 0 spiro atoms. The number of hydrogen-bond donors (Lipinski definition) is 1. The molecule has 1 N–H and O–H groups in total. The molecule has 3 unspecified atom stereocenters. The summed E-state index contributed by atoms with van der Waals surface area (Å²) in [5.74, 6) is -5.84. The highest BCUT2D eigenvalue weighted by atomic mass is 19.3. The molecule has 10 heteroatoms. The number of alkyl halides is 3. The molecule has 42 heavy (non-hydrogen) atoms. The Hall–Kier alpha value is -4.34. The molecule has 1 fully saturated rings. The van der Waals surface area contributed by atoms with Crippen LogP contribution in [0.2, 0.25) is 0 Å². The maximum absolute atomic E-state index is 15.7. The first kappa shape index (κ1) is 25.4. The summed E-state index contributed by atoms with van der Waals surface area (Å²) in [6.07, 6.45) is 1.94. The molecule has 3 aliphatic carbocycles. The van der Waals surface area contributed by atoms with Gasteiger partial charge in [0.2, 0.25) is 5.43 Å². The summed E-state index contributed by atoms with van der Waals surface area (Å²) in [5.41, 5.74) is 0.449. The fourth-order valence-corrected chi connectivity index (χ4v) is 7.63. The normalized spacial score (nSPS) is 26.7. The number of benzene rings is 2. The van der Waals surface area contributed by atoms with Crippen molar-refractivity contribution in [1.29, 1.82) is 0 Å². The lowest BCUT2D eigenvalue weighted by Crippen LogP contribution is -2.66. The summed E-state index contributed by atoms with van der Waals surface area (Å²) in [6, 6.07) is 10.2. The average molecular weight is 576 g/mol. The summed E-state index contributed by atoms with van der Waals surface area (Å²) >= 11 is 0. The standard InChI is InChI=1S/C32H25F4N3O3/c1-31(34)11-13-37-23(15-31)39(38-12-10-22(40)29(41)28(38)30(37)42)27-19-5-3-2-4-17(19)18-7-6-16-14-32(35,36)26-21(33)9-8-20(27)25(26)24(16)18/h2-6,8-10,12,23,27,41H,7,11,13-15H2,1H3. The van der Waals surface area contributed by atoms with Gasteiger partial charge < -0.3 is 10.0 Å². The molecule has 6 nitrogen and oxygen atoms in total. The summed E-state index contributed by atoms with van der Waals surface area (Å²) in [5, 5.41) is 12.5. The quantitative estimate of drug-likeness (QED) is 0.374. The van der Waals surface area contributed by atoms with Gasteiger partial charge in [0.15, 0.2) is 11.4 Å². The zero-order valence-corrected chi connectivity index (χ0v) is 22.5. The number of aromatic nitrogens is 1. The lowest BCUT2D eigenvalue weighted by molar-refractivity contribution is -0.00861. The Kier molecular flexibility index (Phi) is 4.92. The van der Waals surface area contributed by atoms with Crippen molar-refractivity contribution in [2.75, 3.05) is 11.6 Å². The van der Waals surface area contributed by atoms with E-state index in [1.54, 1.807) is 11.1 Å². The Morgan fingerprint density at radius 3 is 2.62 bits per heavy atom. The highest BCUT2D eigenvalue weighted by Crippen LogP contribution is 2.59. The van der Waals surface area contributed by atoms with Gasteiger partial charge in [-0.3, -0.25) is 19.3 Å². The van der Waals surface area contributed by atoms with E-state index < -0.39 is 58.7 Å². The van der Waals surface area contributed by atoms with Crippen LogP contribution < -0.4 is 10.4 Å². The molecule has 214 valence electrons. The molecule has 8 rings (SSSR count). The molecule has 1 aromatic heterocycles. The largest absolute Gasteiger partial charge is 0.502 e. The second kappa shape index (κ2) is 8.14. The van der Waals surface area contributed by atoms with Gasteiger partial charge >= 0.3 is 0 Å². The third-order valence-corrected chi connectivity index (χ3v) is 9.44. The van der Waals surface area contributed by atoms with Crippen molar-refractivity contribution in [1.82, 2.24) is 9.58 Å². The SMILES string of the molecule is CC1(F)CCN2C(=O)c3c(O)c(=O)ccn3N(C3c4ccccc4C4=C5C(=CC4)CC(F)(F)c4c(F)ccc3c45)C2C1. The van der Waals surface area contributed by atoms with Crippen molar-refractivity contribution >= 4 is 17.1 Å². The minimum atomic E-state index is -3.46. The Bertz CT molecular complexity index is 1870. The molecule has 0 bridgehead atoms. The first-order chi connectivity index (χ1) is 20.0. The molecule has 5 aliphatic rings. The number of carbonyl (C=O) groups is 1. The number of carbonyl (C=O) groups excluding carboxylic acids is 1. The smallest absolute Gasteiger partial charge is 0.280 e. The zero-order valence-electron chi connectivity index (χ0n) is 22.5. The van der Waals surface area contributed by atoms with Crippen LogP contribution in [0, 0.1) is 5.82 Å². The van der Waals surface area contributed by atoms with Crippen LogP contribution in [0.4, 0.5) is 17.6 Å². The summed E-state index contributed by atoms with van der Waals surface area (Å²) in [6.45, 7) is 1.48. The van der Waals surface area contributed by atoms with Crippen molar-refractivity contribution in [2.45, 2.75) is 56.4 Å². The summed E-state index contributed by atoms with van der Waals surface area (Å²) in [7, 11) is 0. The van der Waals surface area contributed by atoms with Crippen LogP contribution in [0.5, 0.6) is 5.75 Å². The van der Waals surface area contributed by atoms with Gasteiger partial charge in [-0.2, -0.15) is 0 Å². The van der Waals surface area contributed by atoms with E-state index in [1.165, 1.54) is 28.8 Å². The van der Waals surface area contributed by atoms with Gasteiger partial charge in [0.25, 0.3) is 11.8 Å². The van der Waals surface area contributed by atoms with E-state index >= 15 is 17.6 Å². The number of pyridine rings is 1. The Morgan fingerprint density at radius 1 is 1.02 bits per heavy atom. The van der Waals surface area contributed by atoms with Crippen molar-refractivity contribution in [2.24, 2.45) is 0 Å². The van der Waals surface area contributed by atoms with Crippen LogP contribution in [-0.4, -0.2) is 39.0 Å². The molecule has 2 aliphatic heterocycles. The van der Waals surface area contributed by atoms with Gasteiger partial charge in [-0.05, 0) is 59.2 Å². The van der Waals surface area contributed by atoms with E-state index in [9.17, 15) is 14.7 Å². The number of allylic oxidation sites excluding steroid dienone is 4. The monoisotopic (exact) mass is 575 g/mol. The second-order valence-electron chi connectivity index (χ2n) is 12.0. The second-order valence-corrected chi connectivity index (χ2v) is 12.0. The Balaban J connectivity index is 1.49. The third kappa shape index (κ3) is 3.20. The number of rotatable bonds is 1. The number of hydrogen-bond acceptors (Lipinski definition) is 4. The minimum absolute atomic E-state index is 0.0190. The summed E-state index contributed by atoms with van der Waals surface area (Å²) < 4.78 is 64.0. The molecular weight excluding hydrogens is 550 g/mol. The van der Waals surface area contributed by atoms with E-state index in [-0.39, 0.29) is 30.6 Å². The van der Waals surface area contributed by atoms with E-state index in [0.717, 1.165) is 23.3 Å². The molecular formula is C32H25F4N3O3. The Morgan fingerprint density at radius 2 is 1.81 bits per heavy atom. The number of piperidine rings is 1. The number of nitrogens with zero attached hydrogens (tertiary/aromatic N) is 3. The lowest BCUT2D eigenvalue weighted by atomic mass is 9.78. The molecule has 3 heterocycles. The van der Waals surface area contributed by atoms with E-state index in [4.69, 9.17) is 0 Å². The van der Waals surface area contributed by atoms with Gasteiger partial charge in [0.05, 0.1) is 11.6 Å². The lowest BCUT2D eigenvalue weighted by Gasteiger charge is -2.54. The number of halogens is 4. The molecule has 1 saturated heterocycles. The predicted octanol–water partition coefficient (Wildman–Crippen LogP) is 5.77. The number of amides is 1. The number of aromatic hydroxyl groups is 1. The van der Waals surface area contributed by atoms with E-state index in [1.807, 2.05) is 24.3 Å². The first-order valence-electron chi connectivity index (χ1n) is 13.9. The molecule has 0 radical (unpaired) electrons. The van der Waals surface area contributed by atoms with Crippen molar-refractivity contribution in [3.8, 4) is 5.75 Å². The van der Waals surface area contributed by atoms with E-state index in [0.29, 0.717) is 28.7 Å². The van der Waals surface area contributed by atoms with Gasteiger partial charge in [-0.1, -0.05) is 36.4 Å². The van der Waals surface area contributed by atoms with Crippen molar-refractivity contribution < 1.29 is 27.5 Å². The fourth-order valence-electron chi connectivity index (χ4n) is 7.63. The highest BCUT2D eigenvalue weighted by Gasteiger charge is 2.53. The van der Waals surface area contributed by atoms with E-state index in [2.05, 4.69) is 0 Å². The molecule has 0 saturated carbocycles. The van der Waals surface area contributed by atoms with Crippen LogP contribution in [0.3, 0.4) is 0 Å². The number of fused-ring (bicyclic) bond motifs is 4. The minimum Gasteiger partial charge on any atom is -0.502 e. The maximum atomic E-state index is 15.7. The zero-order chi connectivity index (χ0) is 29.3. The van der Waals surface area contributed by atoms with Gasteiger partial charge in [-0.15, -0.1) is 0 Å². The maximum Gasteiger partial charge on any atom is 0.280 e. The van der Waals surface area contributed by atoms with Crippen LogP contribution >= 0.6 is 0 Å². The molecule has 1 amide bonds. The van der Waals surface area contributed by atoms with Crippen molar-refractivity contribution in [3.63, 3.8) is 0 Å². The highest BCUT2D eigenvalue weighted by molar-refractivity contribution is 6.06. The van der Waals surface area contributed by atoms with Crippen LogP contribution in [-0.2, 0) is 5.92 Å². The van der Waals surface area contributed by atoms with Crippen LogP contribution in [0.15, 0.2) is 65.1 Å². The van der Waals surface area contributed by atoms with Gasteiger partial charge in [-0.25, -0.2) is 17.6 Å². The molecule has 3 aromatic rings. The Labute approximate surface area is 237 Å². The van der Waals surface area contributed by atoms with Gasteiger partial charge in [0.1, 0.15) is 17.7 Å². The molecule has 2 aromatic carbocycles. The summed E-state index contributed by atoms with van der Waals surface area (Å²) in [4.78, 5) is 27.7. The van der Waals surface area contributed by atoms with Crippen LogP contribution in [0.25, 0.3) is 11.1 Å². The first-order valence-corrected chi connectivity index (χ1v) is 13.9. The molecule has 3 atom stereocenters. The van der Waals surface area contributed by atoms with Crippen LogP contribution in [0.1, 0.15) is 77.0 Å². The third-order valence-electron chi connectivity index (χ3n) is 9.44. The predicted molar refractivity (Wildman–Crippen MR) is 147 cm³/mol. The van der Waals surface area contributed by atoms with Gasteiger partial charge in [0, 0.05) is 37.2 Å².